The van der Waals surface area contributed by atoms with Gasteiger partial charge in [0.25, 0.3) is 0 Å². The lowest BCUT2D eigenvalue weighted by Crippen LogP contribution is -2.19. The van der Waals surface area contributed by atoms with E-state index in [2.05, 4.69) is 34.9 Å². The maximum Gasteiger partial charge on any atom is 0.122 e. The van der Waals surface area contributed by atoms with E-state index in [1.165, 1.54) is 11.1 Å². The normalized spacial score (nSPS) is 10.6. The van der Waals surface area contributed by atoms with Crippen LogP contribution in [-0.4, -0.2) is 18.9 Å². The molecule has 2 aromatic carbocycles. The molecule has 0 heterocycles. The van der Waals surface area contributed by atoms with Crippen LogP contribution in [0.1, 0.15) is 48.9 Å². The highest BCUT2D eigenvalue weighted by Crippen LogP contribution is 2.14. The molecule has 7 N–H and O–H groups in total. The summed E-state index contributed by atoms with van der Waals surface area (Å²) in [5.74, 6) is 0.111. The molecule has 2 aromatic rings. The molecule has 0 atom stereocenters. The standard InChI is InChI=1S/C23H33N5/c1-17(2)22(24)20-9-5-18(6-10-20)15-27-13-3-4-14-28-16-19-7-11-21(12-8-19)23(25)26/h5-12,27-28H,3-4,13-16,24H2,1-2H3,(H3,25,26). The summed E-state index contributed by atoms with van der Waals surface area (Å²) in [4.78, 5) is 0. The van der Waals surface area contributed by atoms with Gasteiger partial charge in [0.05, 0.1) is 0 Å². The van der Waals surface area contributed by atoms with E-state index in [1.807, 2.05) is 38.1 Å². The third kappa shape index (κ3) is 7.18. The fraction of sp³-hybridized carbons (Fsp3) is 0.348. The SMILES string of the molecule is CC(C)=C(N)c1ccc(CNCCCCNCc2ccc(C(=N)N)cc2)cc1. The average molecular weight is 380 g/mol. The van der Waals surface area contributed by atoms with Crippen LogP contribution in [0.3, 0.4) is 0 Å². The van der Waals surface area contributed by atoms with Gasteiger partial charge in [-0.25, -0.2) is 0 Å². The van der Waals surface area contributed by atoms with Gasteiger partial charge < -0.3 is 22.1 Å². The molecule has 0 unspecified atom stereocenters. The molecule has 0 bridgehead atoms. The van der Waals surface area contributed by atoms with Crippen LogP contribution in [0.15, 0.2) is 54.1 Å². The van der Waals surface area contributed by atoms with Crippen LogP contribution in [0.5, 0.6) is 0 Å². The van der Waals surface area contributed by atoms with Gasteiger partial charge in [0, 0.05) is 24.4 Å². The number of amidine groups is 1. The van der Waals surface area contributed by atoms with Crippen molar-refractivity contribution in [3.05, 3.63) is 76.4 Å². The summed E-state index contributed by atoms with van der Waals surface area (Å²) in [7, 11) is 0. The van der Waals surface area contributed by atoms with Gasteiger partial charge in [-0.15, -0.1) is 0 Å². The van der Waals surface area contributed by atoms with Crippen LogP contribution in [0.2, 0.25) is 0 Å². The first-order chi connectivity index (χ1) is 13.5. The van der Waals surface area contributed by atoms with Crippen LogP contribution in [0, 0.1) is 5.41 Å². The van der Waals surface area contributed by atoms with Gasteiger partial charge >= 0.3 is 0 Å². The van der Waals surface area contributed by atoms with Crippen LogP contribution >= 0.6 is 0 Å². The van der Waals surface area contributed by atoms with Crippen molar-refractivity contribution in [2.45, 2.75) is 39.8 Å². The minimum Gasteiger partial charge on any atom is -0.398 e. The van der Waals surface area contributed by atoms with E-state index in [0.717, 1.165) is 61.4 Å². The first-order valence-electron chi connectivity index (χ1n) is 9.84. The molecular weight excluding hydrogens is 346 g/mol. The number of benzene rings is 2. The summed E-state index contributed by atoms with van der Waals surface area (Å²) in [6, 6.07) is 16.3. The molecule has 2 rings (SSSR count). The maximum absolute atomic E-state index is 7.40. The van der Waals surface area contributed by atoms with E-state index in [-0.39, 0.29) is 5.84 Å². The highest BCUT2D eigenvalue weighted by atomic mass is 14.9. The van der Waals surface area contributed by atoms with E-state index in [9.17, 15) is 0 Å². The number of nitrogens with two attached hydrogens (primary N) is 2. The van der Waals surface area contributed by atoms with Crippen molar-refractivity contribution in [1.29, 1.82) is 5.41 Å². The second-order valence-corrected chi connectivity index (χ2v) is 7.28. The van der Waals surface area contributed by atoms with Crippen molar-refractivity contribution in [2.75, 3.05) is 13.1 Å². The van der Waals surface area contributed by atoms with Crippen LogP contribution in [0.4, 0.5) is 0 Å². The van der Waals surface area contributed by atoms with Crippen molar-refractivity contribution < 1.29 is 0 Å². The van der Waals surface area contributed by atoms with Gasteiger partial charge in [-0.2, -0.15) is 0 Å². The molecule has 28 heavy (non-hydrogen) atoms. The molecule has 0 saturated carbocycles. The third-order valence-electron chi connectivity index (χ3n) is 4.68. The first kappa shape index (κ1) is 21.7. The van der Waals surface area contributed by atoms with Gasteiger partial charge in [0.1, 0.15) is 5.84 Å². The summed E-state index contributed by atoms with van der Waals surface area (Å²) in [5, 5.41) is 14.4. The zero-order valence-electron chi connectivity index (χ0n) is 17.0. The Bertz CT molecular complexity index is 772. The number of unbranched alkanes of at least 4 members (excludes halogenated alkanes) is 1. The molecule has 0 aromatic heterocycles. The van der Waals surface area contributed by atoms with Gasteiger partial charge in [0.15, 0.2) is 0 Å². The van der Waals surface area contributed by atoms with Gasteiger partial charge in [-0.3, -0.25) is 5.41 Å². The Labute approximate surface area is 168 Å². The fourth-order valence-corrected chi connectivity index (χ4v) is 2.86. The molecule has 0 amide bonds. The molecule has 0 aliphatic rings. The summed E-state index contributed by atoms with van der Waals surface area (Å²) in [5.41, 5.74) is 17.9. The largest absolute Gasteiger partial charge is 0.398 e. The Hall–Kier alpha value is -2.63. The number of nitrogens with one attached hydrogen (secondary N) is 3. The van der Waals surface area contributed by atoms with E-state index >= 15 is 0 Å². The van der Waals surface area contributed by atoms with Crippen molar-refractivity contribution in [3.8, 4) is 0 Å². The predicted molar refractivity (Wildman–Crippen MR) is 119 cm³/mol. The molecule has 0 radical (unpaired) electrons. The van der Waals surface area contributed by atoms with Gasteiger partial charge in [-0.05, 0) is 56.5 Å². The third-order valence-corrected chi connectivity index (χ3v) is 4.68. The number of hydrogen-bond acceptors (Lipinski definition) is 4. The average Bonchev–Trinajstić information content (AvgIpc) is 2.70. The second kappa shape index (κ2) is 11.3. The lowest BCUT2D eigenvalue weighted by atomic mass is 10.1. The zero-order chi connectivity index (χ0) is 20.4. The number of allylic oxidation sites excluding steroid dienone is 1. The Morgan fingerprint density at radius 1 is 0.750 bits per heavy atom. The van der Waals surface area contributed by atoms with E-state index in [1.54, 1.807) is 0 Å². The van der Waals surface area contributed by atoms with Crippen molar-refractivity contribution in [1.82, 2.24) is 10.6 Å². The van der Waals surface area contributed by atoms with Gasteiger partial charge in [0.2, 0.25) is 0 Å². The Morgan fingerprint density at radius 2 is 1.18 bits per heavy atom. The Balaban J connectivity index is 1.56. The van der Waals surface area contributed by atoms with Crippen molar-refractivity contribution in [2.24, 2.45) is 11.5 Å². The molecule has 150 valence electrons. The molecule has 0 saturated heterocycles. The maximum atomic E-state index is 7.40. The van der Waals surface area contributed by atoms with E-state index in [0.29, 0.717) is 0 Å². The smallest absolute Gasteiger partial charge is 0.122 e. The quantitative estimate of drug-likeness (QED) is 0.235. The number of hydrogen-bond donors (Lipinski definition) is 5. The topological polar surface area (TPSA) is 100.0 Å². The van der Waals surface area contributed by atoms with E-state index in [4.69, 9.17) is 16.9 Å². The minimum atomic E-state index is 0.111. The Kier molecular flexibility index (Phi) is 8.72. The fourth-order valence-electron chi connectivity index (χ4n) is 2.86. The van der Waals surface area contributed by atoms with Gasteiger partial charge in [-0.1, -0.05) is 54.1 Å². The van der Waals surface area contributed by atoms with Crippen LogP contribution < -0.4 is 22.1 Å². The molecule has 5 nitrogen and oxygen atoms in total. The summed E-state index contributed by atoms with van der Waals surface area (Å²) in [6.07, 6.45) is 2.27. The highest BCUT2D eigenvalue weighted by Gasteiger charge is 2.00. The van der Waals surface area contributed by atoms with E-state index < -0.39 is 0 Å². The Morgan fingerprint density at radius 3 is 1.57 bits per heavy atom. The molecular formula is C23H33N5. The summed E-state index contributed by atoms with van der Waals surface area (Å²) in [6.45, 7) is 7.78. The predicted octanol–water partition coefficient (Wildman–Crippen LogP) is 3.34. The lowest BCUT2D eigenvalue weighted by Gasteiger charge is -2.08. The monoisotopic (exact) mass is 379 g/mol. The highest BCUT2D eigenvalue weighted by molar-refractivity contribution is 5.94. The molecule has 0 aliphatic heterocycles. The van der Waals surface area contributed by atoms with Crippen molar-refractivity contribution >= 4 is 11.5 Å². The second-order valence-electron chi connectivity index (χ2n) is 7.28. The molecule has 5 heteroatoms. The summed E-state index contributed by atoms with van der Waals surface area (Å²) < 4.78 is 0. The zero-order valence-corrected chi connectivity index (χ0v) is 17.0. The minimum absolute atomic E-state index is 0.111. The molecule has 0 fully saturated rings. The van der Waals surface area contributed by atoms with Crippen LogP contribution in [-0.2, 0) is 13.1 Å². The van der Waals surface area contributed by atoms with Crippen molar-refractivity contribution in [3.63, 3.8) is 0 Å². The molecule has 0 spiro atoms. The first-order valence-corrected chi connectivity index (χ1v) is 9.84. The number of nitrogen functional groups attached to an aromatic ring is 1. The summed E-state index contributed by atoms with van der Waals surface area (Å²) >= 11 is 0. The lowest BCUT2D eigenvalue weighted by molar-refractivity contribution is 0.582. The molecule has 0 aliphatic carbocycles. The number of rotatable bonds is 11. The van der Waals surface area contributed by atoms with Crippen LogP contribution in [0.25, 0.3) is 5.70 Å².